The predicted octanol–water partition coefficient (Wildman–Crippen LogP) is 2.05. The van der Waals surface area contributed by atoms with Gasteiger partial charge in [-0.2, -0.15) is 0 Å². The Kier molecular flexibility index (Phi) is 4.17. The molecule has 3 N–H and O–H groups in total. The summed E-state index contributed by atoms with van der Waals surface area (Å²) in [6.07, 6.45) is 3.65. The SMILES string of the molecule is CC(Nc1ncnc(N)c1Br)C1CCOCC1. The van der Waals surface area contributed by atoms with E-state index in [0.29, 0.717) is 17.8 Å². The molecule has 1 aromatic rings. The molecule has 1 aliphatic rings. The minimum Gasteiger partial charge on any atom is -0.383 e. The fraction of sp³-hybridized carbons (Fsp3) is 0.636. The predicted molar refractivity (Wildman–Crippen MR) is 70.8 cm³/mol. The number of rotatable bonds is 3. The van der Waals surface area contributed by atoms with Crippen LogP contribution in [-0.4, -0.2) is 29.2 Å². The first-order chi connectivity index (χ1) is 8.18. The number of hydrogen-bond donors (Lipinski definition) is 2. The van der Waals surface area contributed by atoms with Gasteiger partial charge in [-0.1, -0.05) is 0 Å². The van der Waals surface area contributed by atoms with Crippen molar-refractivity contribution in [3.63, 3.8) is 0 Å². The van der Waals surface area contributed by atoms with Crippen LogP contribution < -0.4 is 11.1 Å². The second-order valence-corrected chi connectivity index (χ2v) is 5.10. The Morgan fingerprint density at radius 1 is 1.47 bits per heavy atom. The molecule has 1 saturated heterocycles. The molecule has 0 radical (unpaired) electrons. The Bertz CT molecular complexity index is 382. The average Bonchev–Trinajstić information content (AvgIpc) is 2.36. The number of nitrogens with two attached hydrogens (primary N) is 1. The first kappa shape index (κ1) is 12.6. The zero-order chi connectivity index (χ0) is 12.3. The summed E-state index contributed by atoms with van der Waals surface area (Å²) in [4.78, 5) is 8.11. The molecule has 1 aliphatic heterocycles. The smallest absolute Gasteiger partial charge is 0.146 e. The fourth-order valence-corrected chi connectivity index (χ4v) is 2.35. The molecule has 2 rings (SSSR count). The van der Waals surface area contributed by atoms with Gasteiger partial charge in [0.2, 0.25) is 0 Å². The fourth-order valence-electron chi connectivity index (χ4n) is 2.03. The van der Waals surface area contributed by atoms with Crippen LogP contribution in [0.15, 0.2) is 10.8 Å². The zero-order valence-electron chi connectivity index (χ0n) is 9.82. The number of ether oxygens (including phenoxy) is 1. The van der Waals surface area contributed by atoms with Gasteiger partial charge in [-0.25, -0.2) is 9.97 Å². The number of hydrogen-bond acceptors (Lipinski definition) is 5. The summed E-state index contributed by atoms with van der Waals surface area (Å²) in [5, 5.41) is 3.39. The molecule has 17 heavy (non-hydrogen) atoms. The molecule has 6 heteroatoms. The third kappa shape index (κ3) is 3.07. The summed E-state index contributed by atoms with van der Waals surface area (Å²) >= 11 is 3.40. The van der Waals surface area contributed by atoms with Crippen LogP contribution in [0, 0.1) is 5.92 Å². The van der Waals surface area contributed by atoms with E-state index in [2.05, 4.69) is 38.1 Å². The van der Waals surface area contributed by atoms with Gasteiger partial charge in [-0.3, -0.25) is 0 Å². The van der Waals surface area contributed by atoms with E-state index in [-0.39, 0.29) is 0 Å². The van der Waals surface area contributed by atoms with E-state index >= 15 is 0 Å². The molecule has 0 amide bonds. The lowest BCUT2D eigenvalue weighted by Gasteiger charge is -2.28. The number of halogens is 1. The standard InChI is InChI=1S/C11H17BrN4O/c1-7(8-2-4-17-5-3-8)16-11-9(12)10(13)14-6-15-11/h6-8H,2-5H2,1H3,(H3,13,14,15,16). The molecule has 0 bridgehead atoms. The average molecular weight is 301 g/mol. The van der Waals surface area contributed by atoms with Crippen LogP contribution in [0.3, 0.4) is 0 Å². The van der Waals surface area contributed by atoms with E-state index < -0.39 is 0 Å². The summed E-state index contributed by atoms with van der Waals surface area (Å²) in [6.45, 7) is 3.87. The molecular weight excluding hydrogens is 284 g/mol. The maximum absolute atomic E-state index is 5.72. The van der Waals surface area contributed by atoms with Crippen molar-refractivity contribution in [2.24, 2.45) is 5.92 Å². The van der Waals surface area contributed by atoms with Gasteiger partial charge >= 0.3 is 0 Å². The normalized spacial score (nSPS) is 18.9. The van der Waals surface area contributed by atoms with Crippen LogP contribution in [0.25, 0.3) is 0 Å². The number of anilines is 2. The highest BCUT2D eigenvalue weighted by Crippen LogP contribution is 2.27. The third-order valence-corrected chi connectivity index (χ3v) is 3.94. The first-order valence-corrected chi connectivity index (χ1v) is 6.58. The summed E-state index contributed by atoms with van der Waals surface area (Å²) < 4.78 is 6.10. The molecule has 1 unspecified atom stereocenters. The molecule has 1 fully saturated rings. The van der Waals surface area contributed by atoms with Crippen LogP contribution in [0.4, 0.5) is 11.6 Å². The van der Waals surface area contributed by atoms with Gasteiger partial charge in [-0.15, -0.1) is 0 Å². The van der Waals surface area contributed by atoms with Crippen molar-refractivity contribution < 1.29 is 4.74 Å². The Labute approximate surface area is 109 Å². The zero-order valence-corrected chi connectivity index (χ0v) is 11.4. The molecule has 5 nitrogen and oxygen atoms in total. The Morgan fingerprint density at radius 2 is 2.18 bits per heavy atom. The van der Waals surface area contributed by atoms with E-state index in [0.717, 1.165) is 36.3 Å². The Morgan fingerprint density at radius 3 is 2.88 bits per heavy atom. The molecule has 1 aromatic heterocycles. The van der Waals surface area contributed by atoms with Crippen molar-refractivity contribution in [3.8, 4) is 0 Å². The van der Waals surface area contributed by atoms with Gasteiger partial charge in [0.15, 0.2) is 0 Å². The maximum Gasteiger partial charge on any atom is 0.146 e. The molecular formula is C11H17BrN4O. The van der Waals surface area contributed by atoms with Crippen molar-refractivity contribution in [3.05, 3.63) is 10.8 Å². The topological polar surface area (TPSA) is 73.1 Å². The Balaban J connectivity index is 2.01. The lowest BCUT2D eigenvalue weighted by atomic mass is 9.93. The molecule has 2 heterocycles. The third-order valence-electron chi connectivity index (χ3n) is 3.15. The van der Waals surface area contributed by atoms with Gasteiger partial charge in [0.1, 0.15) is 22.4 Å². The summed E-state index contributed by atoms with van der Waals surface area (Å²) in [5.41, 5.74) is 5.72. The van der Waals surface area contributed by atoms with Crippen molar-refractivity contribution >= 4 is 27.6 Å². The molecule has 94 valence electrons. The summed E-state index contributed by atoms with van der Waals surface area (Å²) in [5.74, 6) is 1.84. The lowest BCUT2D eigenvalue weighted by molar-refractivity contribution is 0.0622. The number of aromatic nitrogens is 2. The number of nitrogen functional groups attached to an aromatic ring is 1. The van der Waals surface area contributed by atoms with Crippen molar-refractivity contribution in [1.29, 1.82) is 0 Å². The van der Waals surface area contributed by atoms with Crippen LogP contribution in [-0.2, 0) is 4.74 Å². The highest BCUT2D eigenvalue weighted by atomic mass is 79.9. The quantitative estimate of drug-likeness (QED) is 0.894. The molecule has 0 aromatic carbocycles. The van der Waals surface area contributed by atoms with E-state index in [1.165, 1.54) is 6.33 Å². The minimum atomic E-state index is 0.351. The monoisotopic (exact) mass is 300 g/mol. The number of nitrogens with one attached hydrogen (secondary N) is 1. The molecule has 0 aliphatic carbocycles. The molecule has 0 spiro atoms. The maximum atomic E-state index is 5.72. The van der Waals surface area contributed by atoms with Gasteiger partial charge in [0.25, 0.3) is 0 Å². The van der Waals surface area contributed by atoms with Crippen LogP contribution >= 0.6 is 15.9 Å². The highest BCUT2D eigenvalue weighted by Gasteiger charge is 2.21. The Hall–Kier alpha value is -0.880. The lowest BCUT2D eigenvalue weighted by Crippen LogP contribution is -2.31. The summed E-state index contributed by atoms with van der Waals surface area (Å²) in [6, 6.07) is 0.351. The van der Waals surface area contributed by atoms with Crippen molar-refractivity contribution in [2.75, 3.05) is 24.3 Å². The number of nitrogens with zero attached hydrogens (tertiary/aromatic N) is 2. The van der Waals surface area contributed by atoms with Crippen molar-refractivity contribution in [2.45, 2.75) is 25.8 Å². The second-order valence-electron chi connectivity index (χ2n) is 4.30. The van der Waals surface area contributed by atoms with Crippen LogP contribution in [0.1, 0.15) is 19.8 Å². The molecule has 0 saturated carbocycles. The largest absolute Gasteiger partial charge is 0.383 e. The van der Waals surface area contributed by atoms with E-state index in [9.17, 15) is 0 Å². The first-order valence-electron chi connectivity index (χ1n) is 5.78. The van der Waals surface area contributed by atoms with Gasteiger partial charge in [0, 0.05) is 19.3 Å². The summed E-state index contributed by atoms with van der Waals surface area (Å²) in [7, 11) is 0. The highest BCUT2D eigenvalue weighted by molar-refractivity contribution is 9.10. The second kappa shape index (κ2) is 5.64. The minimum absolute atomic E-state index is 0.351. The van der Waals surface area contributed by atoms with E-state index in [1.807, 2.05) is 0 Å². The van der Waals surface area contributed by atoms with Crippen LogP contribution in [0.2, 0.25) is 0 Å². The van der Waals surface area contributed by atoms with Crippen LogP contribution in [0.5, 0.6) is 0 Å². The van der Waals surface area contributed by atoms with E-state index in [4.69, 9.17) is 10.5 Å². The van der Waals surface area contributed by atoms with Gasteiger partial charge < -0.3 is 15.8 Å². The van der Waals surface area contributed by atoms with E-state index in [1.54, 1.807) is 0 Å². The van der Waals surface area contributed by atoms with Gasteiger partial charge in [0.05, 0.1) is 0 Å². The van der Waals surface area contributed by atoms with Crippen molar-refractivity contribution in [1.82, 2.24) is 9.97 Å². The van der Waals surface area contributed by atoms with Gasteiger partial charge in [-0.05, 0) is 41.6 Å². The molecule has 1 atom stereocenters.